The molecule has 0 aliphatic carbocycles. The van der Waals surface area contributed by atoms with E-state index in [9.17, 15) is 4.79 Å². The molecule has 104 valence electrons. The van der Waals surface area contributed by atoms with Crippen LogP contribution in [0, 0.1) is 6.92 Å². The Bertz CT molecular complexity index is 445. The van der Waals surface area contributed by atoms with E-state index in [1.165, 1.54) is 0 Å². The molecule has 19 heavy (non-hydrogen) atoms. The molecule has 0 saturated carbocycles. The third kappa shape index (κ3) is 4.51. The molecule has 2 N–H and O–H groups in total. The first-order chi connectivity index (χ1) is 9.15. The van der Waals surface area contributed by atoms with Crippen LogP contribution < -0.4 is 10.6 Å². The first-order valence-electron chi connectivity index (χ1n) is 6.52. The lowest BCUT2D eigenvalue weighted by molar-refractivity contribution is -0.120. The van der Waals surface area contributed by atoms with E-state index in [4.69, 9.17) is 4.74 Å². The zero-order chi connectivity index (χ0) is 13.7. The van der Waals surface area contributed by atoms with Crippen molar-refractivity contribution in [1.29, 1.82) is 0 Å². The Kier molecular flexibility index (Phi) is 5.22. The average molecular weight is 327 g/mol. The molecule has 1 aromatic rings. The fourth-order valence-corrected chi connectivity index (χ4v) is 2.30. The maximum atomic E-state index is 11.8. The third-order valence-electron chi connectivity index (χ3n) is 3.20. The van der Waals surface area contributed by atoms with Crippen LogP contribution in [-0.4, -0.2) is 31.7 Å². The van der Waals surface area contributed by atoms with Crippen LogP contribution in [0.3, 0.4) is 0 Å². The summed E-state index contributed by atoms with van der Waals surface area (Å²) in [5.41, 5.74) is 2.11. The van der Waals surface area contributed by atoms with Crippen LogP contribution in [0.2, 0.25) is 0 Å². The second kappa shape index (κ2) is 6.91. The molecule has 0 radical (unpaired) electrons. The van der Waals surface area contributed by atoms with E-state index in [0.29, 0.717) is 6.54 Å². The van der Waals surface area contributed by atoms with Gasteiger partial charge in [-0.25, -0.2) is 0 Å². The first-order valence-corrected chi connectivity index (χ1v) is 7.31. The summed E-state index contributed by atoms with van der Waals surface area (Å²) < 4.78 is 6.34. The Labute approximate surface area is 122 Å². The van der Waals surface area contributed by atoms with E-state index in [0.717, 1.165) is 41.8 Å². The number of benzene rings is 1. The molecule has 1 saturated heterocycles. The minimum absolute atomic E-state index is 0.0347. The monoisotopic (exact) mass is 326 g/mol. The standard InChI is InChI=1S/C14H19BrN2O2/c1-10-8-12(2-3-13(10)15)16-9-14(18)17-11-4-6-19-7-5-11/h2-3,8,11,16H,4-7,9H2,1H3,(H,17,18). The van der Waals surface area contributed by atoms with Gasteiger partial charge in [0.05, 0.1) is 6.54 Å². The normalized spacial score (nSPS) is 16.1. The number of aryl methyl sites for hydroxylation is 1. The molecule has 4 nitrogen and oxygen atoms in total. The predicted octanol–water partition coefficient (Wildman–Crippen LogP) is 2.46. The molecule has 0 aromatic heterocycles. The number of nitrogens with one attached hydrogen (secondary N) is 2. The molecule has 0 spiro atoms. The molecule has 0 unspecified atom stereocenters. The number of hydrogen-bond acceptors (Lipinski definition) is 3. The number of carbonyl (C=O) groups is 1. The summed E-state index contributed by atoms with van der Waals surface area (Å²) in [4.78, 5) is 11.8. The van der Waals surface area contributed by atoms with E-state index in [2.05, 4.69) is 26.6 Å². The van der Waals surface area contributed by atoms with Gasteiger partial charge in [-0.1, -0.05) is 15.9 Å². The predicted molar refractivity (Wildman–Crippen MR) is 79.4 cm³/mol. The van der Waals surface area contributed by atoms with Crippen LogP contribution in [0.4, 0.5) is 5.69 Å². The largest absolute Gasteiger partial charge is 0.381 e. The van der Waals surface area contributed by atoms with Crippen molar-refractivity contribution in [3.05, 3.63) is 28.2 Å². The molecule has 2 rings (SSSR count). The molecule has 1 aliphatic heterocycles. The third-order valence-corrected chi connectivity index (χ3v) is 4.09. The second-order valence-electron chi connectivity index (χ2n) is 4.77. The van der Waals surface area contributed by atoms with Gasteiger partial charge in [0, 0.05) is 29.4 Å². The van der Waals surface area contributed by atoms with Gasteiger partial charge in [0.1, 0.15) is 0 Å². The summed E-state index contributed by atoms with van der Waals surface area (Å²) >= 11 is 3.46. The fraction of sp³-hybridized carbons (Fsp3) is 0.500. The van der Waals surface area contributed by atoms with E-state index in [1.807, 2.05) is 25.1 Å². The van der Waals surface area contributed by atoms with Gasteiger partial charge in [0.15, 0.2) is 0 Å². The van der Waals surface area contributed by atoms with Gasteiger partial charge in [-0.2, -0.15) is 0 Å². The van der Waals surface area contributed by atoms with Crippen molar-refractivity contribution in [1.82, 2.24) is 5.32 Å². The highest BCUT2D eigenvalue weighted by molar-refractivity contribution is 9.10. The van der Waals surface area contributed by atoms with Crippen molar-refractivity contribution in [2.45, 2.75) is 25.8 Å². The van der Waals surface area contributed by atoms with Crippen molar-refractivity contribution in [2.75, 3.05) is 25.1 Å². The average Bonchev–Trinajstić information content (AvgIpc) is 2.41. The molecule has 0 atom stereocenters. The molecule has 0 bridgehead atoms. The Morgan fingerprint density at radius 2 is 2.16 bits per heavy atom. The quantitative estimate of drug-likeness (QED) is 0.893. The van der Waals surface area contributed by atoms with E-state index < -0.39 is 0 Å². The number of amides is 1. The number of carbonyl (C=O) groups excluding carboxylic acids is 1. The van der Waals surface area contributed by atoms with Crippen molar-refractivity contribution < 1.29 is 9.53 Å². The highest BCUT2D eigenvalue weighted by Crippen LogP contribution is 2.19. The Balaban J connectivity index is 1.77. The maximum absolute atomic E-state index is 11.8. The molecule has 1 aliphatic rings. The zero-order valence-corrected chi connectivity index (χ0v) is 12.6. The topological polar surface area (TPSA) is 50.4 Å². The second-order valence-corrected chi connectivity index (χ2v) is 5.63. The highest BCUT2D eigenvalue weighted by Gasteiger charge is 2.15. The van der Waals surface area contributed by atoms with Gasteiger partial charge >= 0.3 is 0 Å². The number of hydrogen-bond donors (Lipinski definition) is 2. The summed E-state index contributed by atoms with van der Waals surface area (Å²) in [5, 5.41) is 6.16. The van der Waals surface area contributed by atoms with Crippen molar-refractivity contribution >= 4 is 27.5 Å². The van der Waals surface area contributed by atoms with Gasteiger partial charge < -0.3 is 15.4 Å². The summed E-state index contributed by atoms with van der Waals surface area (Å²) in [6, 6.07) is 6.22. The van der Waals surface area contributed by atoms with Crippen LogP contribution in [0.5, 0.6) is 0 Å². The number of rotatable bonds is 4. The number of halogens is 1. The van der Waals surface area contributed by atoms with Gasteiger partial charge in [0.25, 0.3) is 0 Å². The minimum Gasteiger partial charge on any atom is -0.381 e. The van der Waals surface area contributed by atoms with Crippen LogP contribution >= 0.6 is 15.9 Å². The lowest BCUT2D eigenvalue weighted by atomic mass is 10.1. The smallest absolute Gasteiger partial charge is 0.239 e. The summed E-state index contributed by atoms with van der Waals surface area (Å²) in [7, 11) is 0. The van der Waals surface area contributed by atoms with E-state index in [1.54, 1.807) is 0 Å². The van der Waals surface area contributed by atoms with Crippen LogP contribution in [-0.2, 0) is 9.53 Å². The van der Waals surface area contributed by atoms with Gasteiger partial charge in [-0.3, -0.25) is 4.79 Å². The molecule has 1 aromatic carbocycles. The van der Waals surface area contributed by atoms with Crippen LogP contribution in [0.15, 0.2) is 22.7 Å². The molecular formula is C14H19BrN2O2. The zero-order valence-electron chi connectivity index (χ0n) is 11.0. The summed E-state index contributed by atoms with van der Waals surface area (Å²) in [5.74, 6) is 0.0347. The van der Waals surface area contributed by atoms with Crippen LogP contribution in [0.25, 0.3) is 0 Å². The molecule has 5 heteroatoms. The number of ether oxygens (including phenoxy) is 1. The van der Waals surface area contributed by atoms with Crippen LogP contribution in [0.1, 0.15) is 18.4 Å². The molecule has 1 heterocycles. The SMILES string of the molecule is Cc1cc(NCC(=O)NC2CCOCC2)ccc1Br. The van der Waals surface area contributed by atoms with E-state index >= 15 is 0 Å². The van der Waals surface area contributed by atoms with Crippen molar-refractivity contribution in [2.24, 2.45) is 0 Å². The maximum Gasteiger partial charge on any atom is 0.239 e. The lowest BCUT2D eigenvalue weighted by Gasteiger charge is -2.23. The van der Waals surface area contributed by atoms with E-state index in [-0.39, 0.29) is 11.9 Å². The molecule has 1 amide bonds. The number of anilines is 1. The molecular weight excluding hydrogens is 308 g/mol. The van der Waals surface area contributed by atoms with Gasteiger partial charge in [-0.15, -0.1) is 0 Å². The highest BCUT2D eigenvalue weighted by atomic mass is 79.9. The van der Waals surface area contributed by atoms with Gasteiger partial charge in [0.2, 0.25) is 5.91 Å². The summed E-state index contributed by atoms with van der Waals surface area (Å²) in [6.07, 6.45) is 1.81. The Hall–Kier alpha value is -1.07. The first kappa shape index (κ1) is 14.3. The fourth-order valence-electron chi connectivity index (χ4n) is 2.06. The Morgan fingerprint density at radius 1 is 1.42 bits per heavy atom. The van der Waals surface area contributed by atoms with Gasteiger partial charge in [-0.05, 0) is 43.5 Å². The van der Waals surface area contributed by atoms with Crippen molar-refractivity contribution in [3.8, 4) is 0 Å². The summed E-state index contributed by atoms with van der Waals surface area (Å²) in [6.45, 7) is 3.81. The molecule has 1 fully saturated rings. The van der Waals surface area contributed by atoms with Crippen molar-refractivity contribution in [3.63, 3.8) is 0 Å². The minimum atomic E-state index is 0.0347. The Morgan fingerprint density at radius 3 is 2.84 bits per heavy atom. The lowest BCUT2D eigenvalue weighted by Crippen LogP contribution is -2.41.